The number of thioether (sulfide) groups is 1. The molecule has 0 spiro atoms. The minimum Gasteiger partial charge on any atom is -0.333 e. The van der Waals surface area contributed by atoms with Crippen LogP contribution in [-0.2, 0) is 0 Å². The molecule has 84 valence electrons. The predicted molar refractivity (Wildman–Crippen MR) is 80.1 cm³/mol. The molecule has 1 aromatic carbocycles. The van der Waals surface area contributed by atoms with E-state index in [0.717, 1.165) is 10.9 Å². The monoisotopic (exact) mass is 337 g/mol. The van der Waals surface area contributed by atoms with E-state index in [1.807, 2.05) is 50.7 Å². The number of halogens is 1. The van der Waals surface area contributed by atoms with Crippen molar-refractivity contribution in [3.8, 4) is 0 Å². The Balaban J connectivity index is 0.00000196. The number of para-hydroxylation sites is 1. The Labute approximate surface area is 112 Å². The molecule has 0 heterocycles. The molecule has 1 aromatic rings. The molecule has 3 nitrogen and oxygen atoms in total. The first-order valence-electron chi connectivity index (χ1n) is 4.34. The third kappa shape index (κ3) is 5.88. The fourth-order valence-corrected chi connectivity index (χ4v) is 1.41. The van der Waals surface area contributed by atoms with Crippen molar-refractivity contribution in [1.82, 2.24) is 5.01 Å². The van der Waals surface area contributed by atoms with Crippen molar-refractivity contribution in [3.63, 3.8) is 0 Å². The topological polar surface area (TPSA) is 27.6 Å². The quantitative estimate of drug-likeness (QED) is 0.389. The highest BCUT2D eigenvalue weighted by Crippen LogP contribution is 2.09. The van der Waals surface area contributed by atoms with Gasteiger partial charge < -0.3 is 10.3 Å². The second-order valence-corrected chi connectivity index (χ2v) is 3.74. The van der Waals surface area contributed by atoms with Gasteiger partial charge in [0, 0.05) is 19.8 Å². The molecule has 0 radical (unpaired) electrons. The van der Waals surface area contributed by atoms with Crippen molar-refractivity contribution in [2.75, 3.05) is 25.7 Å². The molecule has 0 atom stereocenters. The molecule has 15 heavy (non-hydrogen) atoms. The van der Waals surface area contributed by atoms with Crippen molar-refractivity contribution in [2.45, 2.75) is 0 Å². The largest absolute Gasteiger partial charge is 0.333 e. The van der Waals surface area contributed by atoms with Crippen molar-refractivity contribution in [1.29, 1.82) is 0 Å². The molecule has 1 rings (SSSR count). The lowest BCUT2D eigenvalue weighted by atomic mass is 10.3. The van der Waals surface area contributed by atoms with E-state index in [4.69, 9.17) is 0 Å². The average molecular weight is 337 g/mol. The van der Waals surface area contributed by atoms with Crippen molar-refractivity contribution in [3.05, 3.63) is 30.3 Å². The van der Waals surface area contributed by atoms with Crippen LogP contribution in [-0.4, -0.2) is 30.5 Å². The second-order valence-electron chi connectivity index (χ2n) is 2.95. The van der Waals surface area contributed by atoms with Gasteiger partial charge in [0.15, 0.2) is 5.17 Å². The van der Waals surface area contributed by atoms with Gasteiger partial charge in [-0.1, -0.05) is 30.0 Å². The third-order valence-corrected chi connectivity index (χ3v) is 2.08. The Kier molecular flexibility index (Phi) is 7.59. The van der Waals surface area contributed by atoms with Crippen LogP contribution in [0.3, 0.4) is 0 Å². The van der Waals surface area contributed by atoms with Gasteiger partial charge in [-0.05, 0) is 18.4 Å². The van der Waals surface area contributed by atoms with Crippen LogP contribution >= 0.6 is 35.7 Å². The Morgan fingerprint density at radius 2 is 1.87 bits per heavy atom. The van der Waals surface area contributed by atoms with Gasteiger partial charge in [-0.15, -0.1) is 24.0 Å². The molecule has 1 N–H and O–H groups in total. The number of nitrogens with one attached hydrogen (secondary N) is 1. The first-order chi connectivity index (χ1) is 6.72. The molecule has 0 unspecified atom stereocenters. The Hall–Kier alpha value is -0.430. The molecular formula is C10H16IN3S. The maximum Gasteiger partial charge on any atom is 0.184 e. The summed E-state index contributed by atoms with van der Waals surface area (Å²) in [5.74, 6) is 0. The molecule has 0 fully saturated rings. The van der Waals surface area contributed by atoms with Crippen LogP contribution in [0.5, 0.6) is 0 Å². The van der Waals surface area contributed by atoms with Gasteiger partial charge in [-0.2, -0.15) is 5.10 Å². The summed E-state index contributed by atoms with van der Waals surface area (Å²) in [5.41, 5.74) is 1.06. The Morgan fingerprint density at radius 1 is 1.27 bits per heavy atom. The standard InChI is InChI=1S/C10H15N3S.HI/c1-13(2)12-10(14-3)11-9-7-5-4-6-8-9;/h4-8H,1-3H3,(H,11,12);1H. The zero-order valence-corrected chi connectivity index (χ0v) is 12.2. The Morgan fingerprint density at radius 3 is 2.33 bits per heavy atom. The average Bonchev–Trinajstić information content (AvgIpc) is 2.17. The zero-order chi connectivity index (χ0) is 10.4. The van der Waals surface area contributed by atoms with Crippen LogP contribution in [0.15, 0.2) is 35.4 Å². The van der Waals surface area contributed by atoms with Gasteiger partial charge >= 0.3 is 0 Å². The molecular weight excluding hydrogens is 321 g/mol. The van der Waals surface area contributed by atoms with E-state index in [9.17, 15) is 0 Å². The lowest BCUT2D eigenvalue weighted by Gasteiger charge is -2.10. The normalized spacial score (nSPS) is 10.5. The summed E-state index contributed by atoms with van der Waals surface area (Å²) < 4.78 is 0. The van der Waals surface area contributed by atoms with Crippen LogP contribution in [0.4, 0.5) is 5.69 Å². The minimum absolute atomic E-state index is 0. The number of benzene rings is 1. The number of amidine groups is 1. The summed E-state index contributed by atoms with van der Waals surface area (Å²) in [4.78, 5) is 0. The fourth-order valence-electron chi connectivity index (χ4n) is 0.943. The van der Waals surface area contributed by atoms with E-state index in [1.165, 1.54) is 0 Å². The maximum atomic E-state index is 4.29. The summed E-state index contributed by atoms with van der Waals surface area (Å²) >= 11 is 1.59. The van der Waals surface area contributed by atoms with Gasteiger partial charge in [0.2, 0.25) is 0 Å². The lowest BCUT2D eigenvalue weighted by molar-refractivity contribution is 0.439. The summed E-state index contributed by atoms with van der Waals surface area (Å²) in [6.07, 6.45) is 2.00. The van der Waals surface area contributed by atoms with Crippen molar-refractivity contribution in [2.24, 2.45) is 5.10 Å². The van der Waals surface area contributed by atoms with Crippen LogP contribution in [0.1, 0.15) is 0 Å². The summed E-state index contributed by atoms with van der Waals surface area (Å²) in [6, 6.07) is 10.0. The summed E-state index contributed by atoms with van der Waals surface area (Å²) in [5, 5.41) is 10.2. The van der Waals surface area contributed by atoms with E-state index in [2.05, 4.69) is 10.4 Å². The number of rotatable bonds is 2. The van der Waals surface area contributed by atoms with E-state index in [-0.39, 0.29) is 24.0 Å². The van der Waals surface area contributed by atoms with E-state index < -0.39 is 0 Å². The van der Waals surface area contributed by atoms with E-state index in [0.29, 0.717) is 0 Å². The van der Waals surface area contributed by atoms with E-state index >= 15 is 0 Å². The molecule has 5 heteroatoms. The van der Waals surface area contributed by atoms with Crippen molar-refractivity contribution >= 4 is 46.6 Å². The first kappa shape index (κ1) is 14.6. The molecule has 0 saturated heterocycles. The highest BCUT2D eigenvalue weighted by molar-refractivity contribution is 14.0. The molecule has 0 bridgehead atoms. The summed E-state index contributed by atoms with van der Waals surface area (Å²) in [6.45, 7) is 0. The Bertz CT molecular complexity index is 301. The molecule has 0 aliphatic rings. The van der Waals surface area contributed by atoms with Gasteiger partial charge in [-0.3, -0.25) is 0 Å². The van der Waals surface area contributed by atoms with Crippen molar-refractivity contribution < 1.29 is 0 Å². The van der Waals surface area contributed by atoms with Gasteiger partial charge in [-0.25, -0.2) is 0 Å². The first-order valence-corrected chi connectivity index (χ1v) is 5.57. The van der Waals surface area contributed by atoms with Gasteiger partial charge in [0.25, 0.3) is 0 Å². The molecule has 0 aliphatic heterocycles. The van der Waals surface area contributed by atoms with E-state index in [1.54, 1.807) is 16.8 Å². The highest BCUT2D eigenvalue weighted by Gasteiger charge is 1.97. The second kappa shape index (κ2) is 7.81. The highest BCUT2D eigenvalue weighted by atomic mass is 127. The van der Waals surface area contributed by atoms with Crippen LogP contribution < -0.4 is 5.32 Å². The van der Waals surface area contributed by atoms with Crippen LogP contribution in [0, 0.1) is 0 Å². The molecule has 0 amide bonds. The smallest absolute Gasteiger partial charge is 0.184 e. The lowest BCUT2D eigenvalue weighted by Crippen LogP contribution is -2.13. The minimum atomic E-state index is 0. The predicted octanol–water partition coefficient (Wildman–Crippen LogP) is 2.91. The van der Waals surface area contributed by atoms with Gasteiger partial charge in [0.1, 0.15) is 0 Å². The van der Waals surface area contributed by atoms with Crippen LogP contribution in [0.2, 0.25) is 0 Å². The number of hydrazone groups is 1. The molecule has 0 saturated carbocycles. The number of hydrogen-bond acceptors (Lipinski definition) is 3. The fraction of sp³-hybridized carbons (Fsp3) is 0.300. The molecule has 0 aromatic heterocycles. The van der Waals surface area contributed by atoms with Gasteiger partial charge in [0.05, 0.1) is 0 Å². The zero-order valence-electron chi connectivity index (χ0n) is 9.10. The molecule has 0 aliphatic carbocycles. The number of hydrogen-bond donors (Lipinski definition) is 1. The number of anilines is 1. The maximum absolute atomic E-state index is 4.29. The van der Waals surface area contributed by atoms with Crippen LogP contribution in [0.25, 0.3) is 0 Å². The third-order valence-electron chi connectivity index (χ3n) is 1.51. The SMILES string of the molecule is CS/C(=N\N(C)C)Nc1ccccc1.I. The number of nitrogens with zero attached hydrogens (tertiary/aromatic N) is 2. The summed E-state index contributed by atoms with van der Waals surface area (Å²) in [7, 11) is 3.81.